The third kappa shape index (κ3) is 2.11. The first kappa shape index (κ1) is 11.9. The SMILES string of the molecule is Cc1cc(O)c(Br)cc1C1(N)CCCCC1. The Kier molecular flexibility index (Phi) is 3.27. The van der Waals surface area contributed by atoms with E-state index in [2.05, 4.69) is 15.9 Å². The van der Waals surface area contributed by atoms with Crippen molar-refractivity contribution >= 4 is 15.9 Å². The predicted molar refractivity (Wildman–Crippen MR) is 69.5 cm³/mol. The normalized spacial score (nSPS) is 19.7. The number of rotatable bonds is 1. The topological polar surface area (TPSA) is 46.2 Å². The standard InChI is InChI=1S/C13H18BrNO/c1-9-7-12(16)11(14)8-10(9)13(15)5-3-2-4-6-13/h7-8,16H,2-6,15H2,1H3. The molecule has 1 aliphatic rings. The van der Waals surface area contributed by atoms with E-state index in [1.807, 2.05) is 13.0 Å². The maximum atomic E-state index is 9.62. The number of phenols is 1. The maximum absolute atomic E-state index is 9.62. The Bertz CT molecular complexity index is 397. The molecule has 3 N–H and O–H groups in total. The molecule has 1 saturated carbocycles. The third-order valence-electron chi connectivity index (χ3n) is 3.58. The van der Waals surface area contributed by atoms with E-state index in [1.165, 1.54) is 24.8 Å². The third-order valence-corrected chi connectivity index (χ3v) is 4.21. The summed E-state index contributed by atoms with van der Waals surface area (Å²) in [6.45, 7) is 2.02. The number of phenolic OH excluding ortho intramolecular Hbond substituents is 1. The summed E-state index contributed by atoms with van der Waals surface area (Å²) in [6, 6.07) is 3.78. The highest BCUT2D eigenvalue weighted by atomic mass is 79.9. The Balaban J connectivity index is 2.42. The molecule has 2 rings (SSSR count). The minimum atomic E-state index is -0.196. The highest BCUT2D eigenvalue weighted by Crippen LogP contribution is 2.39. The molecule has 0 heterocycles. The van der Waals surface area contributed by atoms with Crippen molar-refractivity contribution < 1.29 is 5.11 Å². The number of benzene rings is 1. The first-order valence-corrected chi connectivity index (χ1v) is 6.61. The molecule has 2 nitrogen and oxygen atoms in total. The van der Waals surface area contributed by atoms with Crippen LogP contribution in [0.2, 0.25) is 0 Å². The second-order valence-corrected chi connectivity index (χ2v) is 5.69. The highest BCUT2D eigenvalue weighted by Gasteiger charge is 2.31. The van der Waals surface area contributed by atoms with Crippen LogP contribution in [0.5, 0.6) is 5.75 Å². The van der Waals surface area contributed by atoms with E-state index in [0.717, 1.165) is 22.9 Å². The van der Waals surface area contributed by atoms with Gasteiger partial charge in [-0.15, -0.1) is 0 Å². The van der Waals surface area contributed by atoms with Gasteiger partial charge in [0, 0.05) is 5.54 Å². The Morgan fingerprint density at radius 2 is 1.88 bits per heavy atom. The second-order valence-electron chi connectivity index (χ2n) is 4.84. The molecular weight excluding hydrogens is 266 g/mol. The average Bonchev–Trinajstić information content (AvgIpc) is 2.24. The van der Waals surface area contributed by atoms with Crippen LogP contribution in [0.1, 0.15) is 43.2 Å². The zero-order valence-electron chi connectivity index (χ0n) is 9.59. The monoisotopic (exact) mass is 283 g/mol. The number of hydrogen-bond donors (Lipinski definition) is 2. The number of aryl methyl sites for hydroxylation is 1. The van der Waals surface area contributed by atoms with Crippen LogP contribution in [0.4, 0.5) is 0 Å². The van der Waals surface area contributed by atoms with Crippen molar-refractivity contribution in [1.29, 1.82) is 0 Å². The summed E-state index contributed by atoms with van der Waals surface area (Å²) in [4.78, 5) is 0. The zero-order chi connectivity index (χ0) is 11.8. The van der Waals surface area contributed by atoms with E-state index in [4.69, 9.17) is 5.73 Å². The number of halogens is 1. The molecule has 1 fully saturated rings. The van der Waals surface area contributed by atoms with Gasteiger partial charge in [-0.2, -0.15) is 0 Å². The van der Waals surface area contributed by atoms with E-state index in [-0.39, 0.29) is 5.54 Å². The van der Waals surface area contributed by atoms with Crippen LogP contribution in [0.25, 0.3) is 0 Å². The van der Waals surface area contributed by atoms with Crippen molar-refractivity contribution in [3.63, 3.8) is 0 Å². The van der Waals surface area contributed by atoms with Gasteiger partial charge < -0.3 is 10.8 Å². The molecule has 3 heteroatoms. The van der Waals surface area contributed by atoms with Gasteiger partial charge in [-0.25, -0.2) is 0 Å². The molecule has 0 atom stereocenters. The maximum Gasteiger partial charge on any atom is 0.130 e. The van der Waals surface area contributed by atoms with E-state index < -0.39 is 0 Å². The summed E-state index contributed by atoms with van der Waals surface area (Å²) in [6.07, 6.45) is 5.79. The lowest BCUT2D eigenvalue weighted by molar-refractivity contribution is 0.300. The lowest BCUT2D eigenvalue weighted by Crippen LogP contribution is -2.39. The quantitative estimate of drug-likeness (QED) is 0.828. The molecule has 88 valence electrons. The Morgan fingerprint density at radius 1 is 1.25 bits per heavy atom. The largest absolute Gasteiger partial charge is 0.507 e. The van der Waals surface area contributed by atoms with Crippen molar-refractivity contribution in [2.45, 2.75) is 44.6 Å². The summed E-state index contributed by atoms with van der Waals surface area (Å²) >= 11 is 3.37. The van der Waals surface area contributed by atoms with E-state index in [1.54, 1.807) is 6.07 Å². The fourth-order valence-electron chi connectivity index (χ4n) is 2.65. The van der Waals surface area contributed by atoms with Crippen LogP contribution in [0, 0.1) is 6.92 Å². The molecule has 1 aromatic rings. The summed E-state index contributed by atoms with van der Waals surface area (Å²) in [7, 11) is 0. The van der Waals surface area contributed by atoms with Gasteiger partial charge in [-0.05, 0) is 59.0 Å². The Morgan fingerprint density at radius 3 is 2.50 bits per heavy atom. The first-order chi connectivity index (χ1) is 7.53. The van der Waals surface area contributed by atoms with Gasteiger partial charge in [0.05, 0.1) is 4.47 Å². The molecule has 1 aliphatic carbocycles. The summed E-state index contributed by atoms with van der Waals surface area (Å²) in [5.41, 5.74) is 8.57. The molecule has 1 aromatic carbocycles. The van der Waals surface area contributed by atoms with Gasteiger partial charge in [0.1, 0.15) is 5.75 Å². The highest BCUT2D eigenvalue weighted by molar-refractivity contribution is 9.10. The van der Waals surface area contributed by atoms with Gasteiger partial charge in [-0.3, -0.25) is 0 Å². The van der Waals surface area contributed by atoms with Crippen molar-refractivity contribution in [3.05, 3.63) is 27.7 Å². The predicted octanol–water partition coefficient (Wildman–Crippen LogP) is 3.58. The molecule has 0 aliphatic heterocycles. The van der Waals surface area contributed by atoms with E-state index >= 15 is 0 Å². The molecule has 0 aromatic heterocycles. The van der Waals surface area contributed by atoms with Crippen molar-refractivity contribution in [2.75, 3.05) is 0 Å². The summed E-state index contributed by atoms with van der Waals surface area (Å²) in [5.74, 6) is 0.292. The van der Waals surface area contributed by atoms with E-state index in [9.17, 15) is 5.11 Å². The molecule has 0 spiro atoms. The summed E-state index contributed by atoms with van der Waals surface area (Å²) in [5, 5.41) is 9.62. The number of hydrogen-bond acceptors (Lipinski definition) is 2. The first-order valence-electron chi connectivity index (χ1n) is 5.81. The fourth-order valence-corrected chi connectivity index (χ4v) is 3.00. The van der Waals surface area contributed by atoms with Crippen LogP contribution in [0.15, 0.2) is 16.6 Å². The number of aromatic hydroxyl groups is 1. The Hall–Kier alpha value is -0.540. The van der Waals surface area contributed by atoms with Crippen LogP contribution in [0.3, 0.4) is 0 Å². The molecule has 0 saturated heterocycles. The smallest absolute Gasteiger partial charge is 0.130 e. The van der Waals surface area contributed by atoms with Crippen molar-refractivity contribution in [2.24, 2.45) is 5.73 Å². The second kappa shape index (κ2) is 4.38. The number of nitrogens with two attached hydrogens (primary N) is 1. The summed E-state index contributed by atoms with van der Waals surface area (Å²) < 4.78 is 0.739. The minimum absolute atomic E-state index is 0.196. The van der Waals surface area contributed by atoms with Crippen LogP contribution >= 0.6 is 15.9 Å². The molecular formula is C13H18BrNO. The van der Waals surface area contributed by atoms with Gasteiger partial charge in [0.2, 0.25) is 0 Å². The fraction of sp³-hybridized carbons (Fsp3) is 0.538. The van der Waals surface area contributed by atoms with Gasteiger partial charge >= 0.3 is 0 Å². The van der Waals surface area contributed by atoms with Gasteiger partial charge in [0.25, 0.3) is 0 Å². The van der Waals surface area contributed by atoms with Crippen LogP contribution in [-0.4, -0.2) is 5.11 Å². The van der Waals surface area contributed by atoms with Gasteiger partial charge in [0.15, 0.2) is 0 Å². The molecule has 0 radical (unpaired) electrons. The Labute approximate surface area is 105 Å². The minimum Gasteiger partial charge on any atom is -0.507 e. The average molecular weight is 284 g/mol. The molecule has 0 unspecified atom stereocenters. The van der Waals surface area contributed by atoms with Crippen molar-refractivity contribution in [3.8, 4) is 5.75 Å². The molecule has 0 bridgehead atoms. The van der Waals surface area contributed by atoms with Gasteiger partial charge in [-0.1, -0.05) is 19.3 Å². The molecule has 0 amide bonds. The van der Waals surface area contributed by atoms with Crippen LogP contribution in [-0.2, 0) is 5.54 Å². The van der Waals surface area contributed by atoms with E-state index in [0.29, 0.717) is 5.75 Å². The lowest BCUT2D eigenvalue weighted by Gasteiger charge is -2.35. The lowest BCUT2D eigenvalue weighted by atomic mass is 9.76. The van der Waals surface area contributed by atoms with Crippen LogP contribution < -0.4 is 5.73 Å². The van der Waals surface area contributed by atoms with Crippen molar-refractivity contribution in [1.82, 2.24) is 0 Å². The molecule has 16 heavy (non-hydrogen) atoms. The zero-order valence-corrected chi connectivity index (χ0v) is 11.2.